The van der Waals surface area contributed by atoms with E-state index in [-0.39, 0.29) is 18.3 Å². The number of hydrogen-bond acceptors (Lipinski definition) is 4. The SMILES string of the molecule is COc1ccccc1OCc1ccc(C(=O)N(C)c2ccccc2)o1. The van der Waals surface area contributed by atoms with Gasteiger partial charge in [-0.3, -0.25) is 4.79 Å². The number of amides is 1. The average Bonchev–Trinajstić information content (AvgIpc) is 3.15. The molecule has 0 unspecified atom stereocenters. The topological polar surface area (TPSA) is 51.9 Å². The molecule has 3 rings (SSSR count). The average molecular weight is 337 g/mol. The number of carbonyl (C=O) groups excluding carboxylic acids is 1. The number of furan rings is 1. The van der Waals surface area contributed by atoms with Crippen LogP contribution in [0.3, 0.4) is 0 Å². The molecule has 0 fully saturated rings. The van der Waals surface area contributed by atoms with Crippen LogP contribution in [-0.4, -0.2) is 20.1 Å². The second-order valence-corrected chi connectivity index (χ2v) is 5.41. The zero-order valence-corrected chi connectivity index (χ0v) is 14.1. The first-order valence-electron chi connectivity index (χ1n) is 7.86. The zero-order valence-electron chi connectivity index (χ0n) is 14.1. The van der Waals surface area contributed by atoms with Crippen molar-refractivity contribution in [3.05, 3.63) is 78.3 Å². The van der Waals surface area contributed by atoms with Crippen LogP contribution in [0.2, 0.25) is 0 Å². The summed E-state index contributed by atoms with van der Waals surface area (Å²) in [4.78, 5) is 14.0. The standard InChI is InChI=1S/C20H19NO4/c1-21(15-8-4-3-5-9-15)20(22)19-13-12-16(25-19)14-24-18-11-7-6-10-17(18)23-2/h3-13H,14H2,1-2H3. The third-order valence-electron chi connectivity index (χ3n) is 3.76. The molecule has 1 heterocycles. The fraction of sp³-hybridized carbons (Fsp3) is 0.150. The molecule has 0 saturated carbocycles. The number of benzene rings is 2. The molecule has 1 aromatic heterocycles. The predicted molar refractivity (Wildman–Crippen MR) is 95.2 cm³/mol. The highest BCUT2D eigenvalue weighted by molar-refractivity contribution is 6.03. The van der Waals surface area contributed by atoms with Crippen molar-refractivity contribution < 1.29 is 18.7 Å². The molecule has 5 nitrogen and oxygen atoms in total. The molecule has 25 heavy (non-hydrogen) atoms. The highest BCUT2D eigenvalue weighted by atomic mass is 16.5. The molecule has 0 spiro atoms. The van der Waals surface area contributed by atoms with Crippen LogP contribution >= 0.6 is 0 Å². The van der Waals surface area contributed by atoms with Gasteiger partial charge in [0.25, 0.3) is 5.91 Å². The monoisotopic (exact) mass is 337 g/mol. The van der Waals surface area contributed by atoms with Gasteiger partial charge in [-0.2, -0.15) is 0 Å². The van der Waals surface area contributed by atoms with Gasteiger partial charge in [-0.1, -0.05) is 30.3 Å². The molecule has 0 aliphatic rings. The van der Waals surface area contributed by atoms with Crippen molar-refractivity contribution in [3.63, 3.8) is 0 Å². The van der Waals surface area contributed by atoms with E-state index < -0.39 is 0 Å². The van der Waals surface area contributed by atoms with Crippen LogP contribution in [0.4, 0.5) is 5.69 Å². The maximum absolute atomic E-state index is 12.5. The molecule has 1 amide bonds. The van der Waals surface area contributed by atoms with E-state index in [9.17, 15) is 4.79 Å². The number of carbonyl (C=O) groups is 1. The van der Waals surface area contributed by atoms with Crippen LogP contribution in [0.5, 0.6) is 11.5 Å². The third-order valence-corrected chi connectivity index (χ3v) is 3.76. The van der Waals surface area contributed by atoms with Gasteiger partial charge < -0.3 is 18.8 Å². The van der Waals surface area contributed by atoms with Crippen molar-refractivity contribution in [1.82, 2.24) is 0 Å². The number of methoxy groups -OCH3 is 1. The van der Waals surface area contributed by atoms with Crippen LogP contribution in [0.1, 0.15) is 16.3 Å². The van der Waals surface area contributed by atoms with E-state index in [1.807, 2.05) is 54.6 Å². The van der Waals surface area contributed by atoms with Crippen LogP contribution < -0.4 is 14.4 Å². The summed E-state index contributed by atoms with van der Waals surface area (Å²) in [7, 11) is 3.30. The Morgan fingerprint density at radius 2 is 1.64 bits per heavy atom. The smallest absolute Gasteiger partial charge is 0.293 e. The van der Waals surface area contributed by atoms with Gasteiger partial charge >= 0.3 is 0 Å². The molecular weight excluding hydrogens is 318 g/mol. The summed E-state index contributed by atoms with van der Waals surface area (Å²) >= 11 is 0. The molecule has 0 radical (unpaired) electrons. The fourth-order valence-electron chi connectivity index (χ4n) is 2.39. The molecule has 0 N–H and O–H groups in total. The number of para-hydroxylation sites is 3. The van der Waals surface area contributed by atoms with E-state index in [0.29, 0.717) is 17.3 Å². The Hall–Kier alpha value is -3.21. The molecule has 2 aromatic carbocycles. The maximum atomic E-state index is 12.5. The number of hydrogen-bond donors (Lipinski definition) is 0. The van der Waals surface area contributed by atoms with Crippen molar-refractivity contribution in [1.29, 1.82) is 0 Å². The number of nitrogens with zero attached hydrogens (tertiary/aromatic N) is 1. The summed E-state index contributed by atoms with van der Waals surface area (Å²) in [6.45, 7) is 0.211. The lowest BCUT2D eigenvalue weighted by molar-refractivity contribution is 0.0962. The Kier molecular flexibility index (Phi) is 5.04. The van der Waals surface area contributed by atoms with E-state index in [0.717, 1.165) is 5.69 Å². The predicted octanol–water partition coefficient (Wildman–Crippen LogP) is 4.14. The van der Waals surface area contributed by atoms with Crippen molar-refractivity contribution >= 4 is 11.6 Å². The second kappa shape index (κ2) is 7.57. The van der Waals surface area contributed by atoms with Crippen molar-refractivity contribution in [2.24, 2.45) is 0 Å². The van der Waals surface area contributed by atoms with Crippen LogP contribution in [0.15, 0.2) is 71.1 Å². The highest BCUT2D eigenvalue weighted by Gasteiger charge is 2.17. The minimum atomic E-state index is -0.213. The summed E-state index contributed by atoms with van der Waals surface area (Å²) in [6, 6.07) is 20.2. The van der Waals surface area contributed by atoms with Gasteiger partial charge in [0.2, 0.25) is 0 Å². The Morgan fingerprint density at radius 3 is 2.36 bits per heavy atom. The van der Waals surface area contributed by atoms with Gasteiger partial charge in [-0.15, -0.1) is 0 Å². The van der Waals surface area contributed by atoms with E-state index in [1.54, 1.807) is 31.2 Å². The van der Waals surface area contributed by atoms with Gasteiger partial charge in [0.05, 0.1) is 7.11 Å². The van der Waals surface area contributed by atoms with Crippen molar-refractivity contribution in [2.75, 3.05) is 19.1 Å². The van der Waals surface area contributed by atoms with Crippen molar-refractivity contribution in [2.45, 2.75) is 6.61 Å². The molecule has 3 aromatic rings. The molecule has 0 saturated heterocycles. The lowest BCUT2D eigenvalue weighted by Gasteiger charge is -2.15. The Morgan fingerprint density at radius 1 is 0.960 bits per heavy atom. The summed E-state index contributed by atoms with van der Waals surface area (Å²) in [5, 5.41) is 0. The van der Waals surface area contributed by atoms with Crippen LogP contribution in [0, 0.1) is 0 Å². The molecule has 5 heteroatoms. The largest absolute Gasteiger partial charge is 0.493 e. The van der Waals surface area contributed by atoms with Gasteiger partial charge in [0, 0.05) is 12.7 Å². The first-order valence-corrected chi connectivity index (χ1v) is 7.86. The van der Waals surface area contributed by atoms with Crippen LogP contribution in [-0.2, 0) is 6.61 Å². The zero-order chi connectivity index (χ0) is 17.6. The Labute approximate surface area is 146 Å². The molecule has 0 bridgehead atoms. The maximum Gasteiger partial charge on any atom is 0.293 e. The van der Waals surface area contributed by atoms with Gasteiger partial charge in [-0.05, 0) is 36.4 Å². The van der Waals surface area contributed by atoms with Gasteiger partial charge in [0.15, 0.2) is 17.3 Å². The molecule has 0 atom stereocenters. The van der Waals surface area contributed by atoms with Crippen molar-refractivity contribution in [3.8, 4) is 11.5 Å². The summed E-state index contributed by atoms with van der Waals surface area (Å²) in [6.07, 6.45) is 0. The van der Waals surface area contributed by atoms with E-state index in [4.69, 9.17) is 13.9 Å². The second-order valence-electron chi connectivity index (χ2n) is 5.41. The first-order chi connectivity index (χ1) is 12.2. The van der Waals surface area contributed by atoms with E-state index in [1.165, 1.54) is 0 Å². The number of rotatable bonds is 6. The minimum Gasteiger partial charge on any atom is -0.493 e. The summed E-state index contributed by atoms with van der Waals surface area (Å²) in [5.41, 5.74) is 0.802. The summed E-state index contributed by atoms with van der Waals surface area (Å²) < 4.78 is 16.6. The summed E-state index contributed by atoms with van der Waals surface area (Å²) in [5.74, 6) is 1.89. The molecule has 128 valence electrons. The lowest BCUT2D eigenvalue weighted by atomic mass is 10.3. The van der Waals surface area contributed by atoms with Crippen LogP contribution in [0.25, 0.3) is 0 Å². The van der Waals surface area contributed by atoms with E-state index >= 15 is 0 Å². The molecular formula is C20H19NO4. The number of anilines is 1. The quantitative estimate of drug-likeness (QED) is 0.678. The Balaban J connectivity index is 1.67. The van der Waals surface area contributed by atoms with Gasteiger partial charge in [-0.25, -0.2) is 0 Å². The fourth-order valence-corrected chi connectivity index (χ4v) is 2.39. The number of ether oxygens (including phenoxy) is 2. The van der Waals surface area contributed by atoms with Gasteiger partial charge in [0.1, 0.15) is 12.4 Å². The molecule has 0 aliphatic carbocycles. The lowest BCUT2D eigenvalue weighted by Crippen LogP contribution is -2.25. The minimum absolute atomic E-state index is 0.211. The Bertz CT molecular complexity index is 842. The third kappa shape index (κ3) is 3.83. The normalized spacial score (nSPS) is 10.3. The molecule has 0 aliphatic heterocycles. The van der Waals surface area contributed by atoms with E-state index in [2.05, 4.69) is 0 Å². The first kappa shape index (κ1) is 16.6. The highest BCUT2D eigenvalue weighted by Crippen LogP contribution is 2.27.